The molecule has 78 valence electrons. The van der Waals surface area contributed by atoms with Crippen LogP contribution in [0.15, 0.2) is 0 Å². The van der Waals surface area contributed by atoms with Crippen molar-refractivity contribution >= 4 is 0 Å². The zero-order valence-electron chi connectivity index (χ0n) is 7.75. The Morgan fingerprint density at radius 3 is 2.31 bits per heavy atom. The second kappa shape index (κ2) is 4.34. The Balaban J connectivity index is 2.50. The molecule has 3 N–H and O–H groups in total. The summed E-state index contributed by atoms with van der Waals surface area (Å²) in [7, 11) is 0. The van der Waals surface area contributed by atoms with Gasteiger partial charge in [-0.2, -0.15) is 0 Å². The van der Waals surface area contributed by atoms with E-state index in [0.717, 1.165) is 0 Å². The summed E-state index contributed by atoms with van der Waals surface area (Å²) in [6.45, 7) is 3.28. The third kappa shape index (κ3) is 2.38. The normalized spacial score (nSPS) is 40.2. The largest absolute Gasteiger partial charge is 0.394 e. The molecule has 0 bridgehead atoms. The quantitative estimate of drug-likeness (QED) is 0.526. The average Bonchev–Trinajstić information content (AvgIpc) is 2.32. The van der Waals surface area contributed by atoms with Gasteiger partial charge in [-0.3, -0.25) is 0 Å². The molecule has 1 aliphatic rings. The summed E-state index contributed by atoms with van der Waals surface area (Å²) in [5.41, 5.74) is 0. The Morgan fingerprint density at radius 1 is 1.31 bits per heavy atom. The molecule has 1 rings (SSSR count). The predicted molar refractivity (Wildman–Crippen MR) is 44.0 cm³/mol. The van der Waals surface area contributed by atoms with Gasteiger partial charge in [-0.1, -0.05) is 0 Å². The van der Waals surface area contributed by atoms with Gasteiger partial charge < -0.3 is 24.8 Å². The third-order valence-corrected chi connectivity index (χ3v) is 1.90. The Bertz CT molecular complexity index is 161. The molecule has 13 heavy (non-hydrogen) atoms. The molecule has 2 unspecified atom stereocenters. The zero-order chi connectivity index (χ0) is 10.0. The lowest BCUT2D eigenvalue weighted by molar-refractivity contribution is -0.186. The molecule has 5 heteroatoms. The average molecular weight is 192 g/mol. The molecule has 1 heterocycles. The van der Waals surface area contributed by atoms with Crippen molar-refractivity contribution in [2.75, 3.05) is 6.61 Å². The van der Waals surface area contributed by atoms with Crippen molar-refractivity contribution in [3.05, 3.63) is 0 Å². The van der Waals surface area contributed by atoms with Crippen LogP contribution < -0.4 is 0 Å². The van der Waals surface area contributed by atoms with Crippen LogP contribution in [0, 0.1) is 0 Å². The smallest absolute Gasteiger partial charge is 0.186 e. The molecule has 1 aliphatic heterocycles. The van der Waals surface area contributed by atoms with Gasteiger partial charge in [-0.25, -0.2) is 0 Å². The zero-order valence-corrected chi connectivity index (χ0v) is 7.75. The molecular weight excluding hydrogens is 176 g/mol. The molecule has 4 atom stereocenters. The number of aliphatic hydroxyl groups excluding tert-OH is 3. The Hall–Kier alpha value is -0.200. The Labute approximate surface area is 76.9 Å². The highest BCUT2D eigenvalue weighted by Gasteiger charge is 2.43. The van der Waals surface area contributed by atoms with E-state index in [9.17, 15) is 10.2 Å². The van der Waals surface area contributed by atoms with Crippen molar-refractivity contribution in [3.63, 3.8) is 0 Å². The first-order valence-electron chi connectivity index (χ1n) is 4.34. The summed E-state index contributed by atoms with van der Waals surface area (Å²) >= 11 is 0. The summed E-state index contributed by atoms with van der Waals surface area (Å²) in [6, 6.07) is 0. The second-order valence-electron chi connectivity index (χ2n) is 3.39. The van der Waals surface area contributed by atoms with Gasteiger partial charge in [-0.05, 0) is 13.8 Å². The number of ether oxygens (including phenoxy) is 2. The topological polar surface area (TPSA) is 79.2 Å². The van der Waals surface area contributed by atoms with Gasteiger partial charge in [0.1, 0.15) is 18.3 Å². The molecule has 0 aromatic heterocycles. The Kier molecular flexibility index (Phi) is 3.63. The van der Waals surface area contributed by atoms with E-state index >= 15 is 0 Å². The molecule has 5 nitrogen and oxygen atoms in total. The molecule has 0 aromatic rings. The molecule has 1 fully saturated rings. The third-order valence-electron chi connectivity index (χ3n) is 1.90. The number of aliphatic hydroxyl groups is 3. The second-order valence-corrected chi connectivity index (χ2v) is 3.39. The van der Waals surface area contributed by atoms with E-state index in [2.05, 4.69) is 0 Å². The predicted octanol–water partition coefficient (Wildman–Crippen LogP) is -1.15. The van der Waals surface area contributed by atoms with Crippen LogP contribution in [-0.2, 0) is 9.47 Å². The molecule has 0 saturated carbocycles. The summed E-state index contributed by atoms with van der Waals surface area (Å²) in [4.78, 5) is 0. The van der Waals surface area contributed by atoms with Gasteiger partial charge in [0.2, 0.25) is 0 Å². The summed E-state index contributed by atoms with van der Waals surface area (Å²) in [5, 5.41) is 27.5. The Morgan fingerprint density at radius 2 is 1.92 bits per heavy atom. The summed E-state index contributed by atoms with van der Waals surface area (Å²) < 4.78 is 10.3. The lowest BCUT2D eigenvalue weighted by Gasteiger charge is -2.17. The van der Waals surface area contributed by atoms with E-state index in [0.29, 0.717) is 0 Å². The molecule has 1 saturated heterocycles. The van der Waals surface area contributed by atoms with Crippen LogP contribution >= 0.6 is 0 Å². The first kappa shape index (κ1) is 10.9. The van der Waals surface area contributed by atoms with Crippen LogP contribution in [0.2, 0.25) is 0 Å². The number of hydrogen-bond donors (Lipinski definition) is 3. The van der Waals surface area contributed by atoms with E-state index in [4.69, 9.17) is 14.6 Å². The van der Waals surface area contributed by atoms with Gasteiger partial charge in [-0.15, -0.1) is 0 Å². The molecular formula is C8H16O5. The lowest BCUT2D eigenvalue weighted by Crippen LogP contribution is -2.35. The molecule has 0 aliphatic carbocycles. The fourth-order valence-electron chi connectivity index (χ4n) is 1.25. The van der Waals surface area contributed by atoms with Crippen LogP contribution in [0.25, 0.3) is 0 Å². The first-order valence-corrected chi connectivity index (χ1v) is 4.34. The molecule has 0 radical (unpaired) electrons. The van der Waals surface area contributed by atoms with Crippen molar-refractivity contribution < 1.29 is 24.8 Å². The van der Waals surface area contributed by atoms with Crippen LogP contribution in [0.1, 0.15) is 13.8 Å². The van der Waals surface area contributed by atoms with Gasteiger partial charge in [0.05, 0.1) is 12.7 Å². The lowest BCUT2D eigenvalue weighted by atomic mass is 10.1. The van der Waals surface area contributed by atoms with Crippen molar-refractivity contribution in [1.29, 1.82) is 0 Å². The van der Waals surface area contributed by atoms with Gasteiger partial charge in [0, 0.05) is 0 Å². The maximum atomic E-state index is 9.40. The minimum Gasteiger partial charge on any atom is -0.394 e. The van der Waals surface area contributed by atoms with E-state index in [1.54, 1.807) is 13.8 Å². The van der Waals surface area contributed by atoms with Crippen LogP contribution in [0.3, 0.4) is 0 Å². The van der Waals surface area contributed by atoms with Gasteiger partial charge >= 0.3 is 0 Å². The van der Waals surface area contributed by atoms with Gasteiger partial charge in [0.15, 0.2) is 6.29 Å². The number of rotatable bonds is 3. The van der Waals surface area contributed by atoms with Crippen LogP contribution in [0.4, 0.5) is 0 Å². The highest BCUT2D eigenvalue weighted by Crippen LogP contribution is 2.22. The highest BCUT2D eigenvalue weighted by atomic mass is 16.7. The minimum atomic E-state index is -1.08. The molecule has 0 amide bonds. The fraction of sp³-hybridized carbons (Fsp3) is 1.00. The number of hydrogen-bond acceptors (Lipinski definition) is 5. The summed E-state index contributed by atoms with van der Waals surface area (Å²) in [5.74, 6) is 0. The SMILES string of the molecule is CC(C)O[C@@H]1O[C@@H](CO)C(O)C1O. The maximum absolute atomic E-state index is 9.40. The van der Waals surface area contributed by atoms with Crippen molar-refractivity contribution in [2.24, 2.45) is 0 Å². The summed E-state index contributed by atoms with van der Waals surface area (Å²) in [6.07, 6.45) is -3.84. The van der Waals surface area contributed by atoms with Gasteiger partial charge in [0.25, 0.3) is 0 Å². The first-order chi connectivity index (χ1) is 6.06. The monoisotopic (exact) mass is 192 g/mol. The standard InChI is InChI=1S/C8H16O5/c1-4(2)12-8-7(11)6(10)5(3-9)13-8/h4-11H,3H2,1-2H3/t5-,6?,7?,8+/m0/s1. The highest BCUT2D eigenvalue weighted by molar-refractivity contribution is 4.86. The van der Waals surface area contributed by atoms with E-state index < -0.39 is 24.6 Å². The van der Waals surface area contributed by atoms with Crippen molar-refractivity contribution in [3.8, 4) is 0 Å². The van der Waals surface area contributed by atoms with Crippen LogP contribution in [-0.4, -0.2) is 52.6 Å². The molecule has 0 aromatic carbocycles. The molecule has 0 spiro atoms. The minimum absolute atomic E-state index is 0.0932. The van der Waals surface area contributed by atoms with Crippen LogP contribution in [0.5, 0.6) is 0 Å². The van der Waals surface area contributed by atoms with E-state index in [1.165, 1.54) is 0 Å². The van der Waals surface area contributed by atoms with E-state index in [1.807, 2.05) is 0 Å². The van der Waals surface area contributed by atoms with Crippen molar-refractivity contribution in [1.82, 2.24) is 0 Å². The fourth-order valence-corrected chi connectivity index (χ4v) is 1.25. The van der Waals surface area contributed by atoms with Crippen molar-refractivity contribution in [2.45, 2.75) is 44.6 Å². The maximum Gasteiger partial charge on any atom is 0.186 e. The van der Waals surface area contributed by atoms with E-state index in [-0.39, 0.29) is 12.7 Å².